The average Bonchev–Trinajstić information content (AvgIpc) is 2.99. The Morgan fingerprint density at radius 2 is 1.02 bits per heavy atom. The molecule has 1 nitrogen and oxygen atoms in total. The fourth-order valence-electron chi connectivity index (χ4n) is 5.23. The minimum atomic E-state index is -4.81. The lowest BCUT2D eigenvalue weighted by molar-refractivity contribution is -0.189. The Morgan fingerprint density at radius 1 is 0.521 bits per heavy atom. The number of hydrogen-bond donors (Lipinski definition) is 0. The molecule has 0 heterocycles. The van der Waals surface area contributed by atoms with Gasteiger partial charge >= 0.3 is 6.11 Å². The van der Waals surface area contributed by atoms with Gasteiger partial charge in [0, 0.05) is 17.2 Å². The molecule has 0 saturated heterocycles. The van der Waals surface area contributed by atoms with Crippen molar-refractivity contribution < 1.29 is 53.0 Å². The zero-order chi connectivity index (χ0) is 34.9. The second kappa shape index (κ2) is 13.7. The van der Waals surface area contributed by atoms with E-state index in [1.807, 2.05) is 6.92 Å². The predicted molar refractivity (Wildman–Crippen MR) is 157 cm³/mol. The summed E-state index contributed by atoms with van der Waals surface area (Å²) in [5.41, 5.74) is -4.43. The minimum absolute atomic E-state index is 0.135. The molecule has 0 atom stereocenters. The first-order valence-electron chi connectivity index (χ1n) is 14.5. The highest BCUT2D eigenvalue weighted by atomic mass is 19.3. The van der Waals surface area contributed by atoms with Crippen LogP contribution in [-0.2, 0) is 12.5 Å². The van der Waals surface area contributed by atoms with E-state index in [-0.39, 0.29) is 23.3 Å². The largest absolute Gasteiger partial charge is 0.432 e. The third kappa shape index (κ3) is 7.02. The van der Waals surface area contributed by atoms with E-state index < -0.39 is 92.0 Å². The SMILES string of the molecule is CCCCCc1ccc(-c2cc(F)c(-c3cc(F)c(C(F)(F)Oc4ccc(-c5cc(F)c(F)c(F)c5)c(F)c4)c(F)c3)c(F)c2)c(F)c1. The highest BCUT2D eigenvalue weighted by molar-refractivity contribution is 5.73. The van der Waals surface area contributed by atoms with Crippen LogP contribution in [0.5, 0.6) is 5.75 Å². The monoisotopic (exact) mass is 680 g/mol. The molecule has 0 spiro atoms. The van der Waals surface area contributed by atoms with E-state index in [1.54, 1.807) is 6.07 Å². The molecule has 0 bridgehead atoms. The van der Waals surface area contributed by atoms with Crippen LogP contribution in [0, 0.1) is 52.4 Å². The summed E-state index contributed by atoms with van der Waals surface area (Å²) in [6.45, 7) is 2.01. The summed E-state index contributed by atoms with van der Waals surface area (Å²) >= 11 is 0. The van der Waals surface area contributed by atoms with Gasteiger partial charge in [0.15, 0.2) is 17.5 Å². The molecule has 0 aliphatic rings. The van der Waals surface area contributed by atoms with Crippen LogP contribution in [0.2, 0.25) is 0 Å². The minimum Gasteiger partial charge on any atom is -0.429 e. The Hall–Kier alpha value is -4.87. The van der Waals surface area contributed by atoms with E-state index in [0.29, 0.717) is 36.2 Å². The molecule has 48 heavy (non-hydrogen) atoms. The van der Waals surface area contributed by atoms with Crippen LogP contribution in [0.15, 0.2) is 72.8 Å². The lowest BCUT2D eigenvalue weighted by atomic mass is 9.96. The molecular formula is C36H23F11O. The van der Waals surface area contributed by atoms with E-state index in [0.717, 1.165) is 37.5 Å². The third-order valence-electron chi connectivity index (χ3n) is 7.56. The molecule has 0 N–H and O–H groups in total. The molecule has 0 unspecified atom stereocenters. The van der Waals surface area contributed by atoms with Gasteiger partial charge in [-0.1, -0.05) is 31.9 Å². The van der Waals surface area contributed by atoms with E-state index in [1.165, 1.54) is 12.1 Å². The summed E-state index contributed by atoms with van der Waals surface area (Å²) < 4.78 is 165. The van der Waals surface area contributed by atoms with Crippen LogP contribution in [0.3, 0.4) is 0 Å². The highest BCUT2D eigenvalue weighted by Crippen LogP contribution is 2.40. The van der Waals surface area contributed by atoms with Crippen LogP contribution in [-0.4, -0.2) is 0 Å². The number of ether oxygens (including phenoxy) is 1. The molecule has 250 valence electrons. The first-order chi connectivity index (χ1) is 22.7. The standard InChI is InChI=1S/C36H23F11O/c1-2-3-4-5-18-6-8-23(25(37)10-18)19-11-27(39)33(28(40)12-19)21-15-29(41)34(30(42)16-21)36(46,47)48-22-7-9-24(26(38)17-22)20-13-31(43)35(45)32(44)14-20/h6-17H,2-5H2,1H3. The summed E-state index contributed by atoms with van der Waals surface area (Å²) in [6.07, 6.45) is -1.47. The number of hydrogen-bond acceptors (Lipinski definition) is 1. The van der Waals surface area contributed by atoms with Crippen molar-refractivity contribution in [2.75, 3.05) is 0 Å². The van der Waals surface area contributed by atoms with Crippen molar-refractivity contribution in [3.63, 3.8) is 0 Å². The van der Waals surface area contributed by atoms with Gasteiger partial charge in [-0.25, -0.2) is 39.5 Å². The van der Waals surface area contributed by atoms with Crippen molar-refractivity contribution in [1.82, 2.24) is 0 Å². The molecule has 0 amide bonds. The topological polar surface area (TPSA) is 9.23 Å². The molecule has 5 aromatic rings. The number of benzene rings is 5. The fourth-order valence-corrected chi connectivity index (χ4v) is 5.23. The van der Waals surface area contributed by atoms with E-state index >= 15 is 26.3 Å². The predicted octanol–water partition coefficient (Wildman–Crippen LogP) is 11.8. The molecular weight excluding hydrogens is 657 g/mol. The molecule has 0 radical (unpaired) electrons. The smallest absolute Gasteiger partial charge is 0.429 e. The van der Waals surface area contributed by atoms with Gasteiger partial charge in [-0.2, -0.15) is 8.78 Å². The van der Waals surface area contributed by atoms with Gasteiger partial charge in [-0.3, -0.25) is 0 Å². The Balaban J connectivity index is 1.41. The number of alkyl halides is 2. The maximum Gasteiger partial charge on any atom is 0.432 e. The maximum atomic E-state index is 15.2. The molecule has 5 aromatic carbocycles. The maximum absolute atomic E-state index is 15.2. The van der Waals surface area contributed by atoms with Gasteiger partial charge in [0.25, 0.3) is 0 Å². The first kappa shape index (κ1) is 34.5. The quantitative estimate of drug-likeness (QED) is 0.0811. The van der Waals surface area contributed by atoms with Crippen LogP contribution in [0.25, 0.3) is 33.4 Å². The van der Waals surface area contributed by atoms with Gasteiger partial charge in [-0.05, 0) is 89.7 Å². The average molecular weight is 681 g/mol. The molecule has 0 saturated carbocycles. The summed E-state index contributed by atoms with van der Waals surface area (Å²) in [7, 11) is 0. The van der Waals surface area contributed by atoms with Crippen molar-refractivity contribution in [2.45, 2.75) is 38.7 Å². The van der Waals surface area contributed by atoms with Crippen molar-refractivity contribution >= 4 is 0 Å². The lowest BCUT2D eigenvalue weighted by Gasteiger charge is -2.20. The van der Waals surface area contributed by atoms with Crippen LogP contribution >= 0.6 is 0 Å². The molecule has 0 fully saturated rings. The molecule has 12 heteroatoms. The number of unbranched alkanes of at least 4 members (excludes halogenated alkanes) is 2. The normalized spacial score (nSPS) is 11.7. The molecule has 0 aromatic heterocycles. The van der Waals surface area contributed by atoms with Crippen molar-refractivity contribution in [2.24, 2.45) is 0 Å². The van der Waals surface area contributed by atoms with Gasteiger partial charge in [0.05, 0.1) is 5.56 Å². The number of aryl methyl sites for hydroxylation is 1. The van der Waals surface area contributed by atoms with Gasteiger partial charge in [-0.15, -0.1) is 0 Å². The third-order valence-corrected chi connectivity index (χ3v) is 7.56. The molecule has 0 aliphatic heterocycles. The second-order valence-electron chi connectivity index (χ2n) is 10.9. The number of halogens is 11. The van der Waals surface area contributed by atoms with E-state index in [9.17, 15) is 22.0 Å². The highest BCUT2D eigenvalue weighted by Gasteiger charge is 2.41. The molecule has 0 aliphatic carbocycles. The molecule has 5 rings (SSSR count). The lowest BCUT2D eigenvalue weighted by Crippen LogP contribution is -2.25. The summed E-state index contributed by atoms with van der Waals surface area (Å²) in [4.78, 5) is 0. The van der Waals surface area contributed by atoms with Crippen LogP contribution in [0.1, 0.15) is 37.3 Å². The van der Waals surface area contributed by atoms with Gasteiger partial charge in [0.2, 0.25) is 0 Å². The van der Waals surface area contributed by atoms with E-state index in [4.69, 9.17) is 0 Å². The fraction of sp³-hybridized carbons (Fsp3) is 0.167. The van der Waals surface area contributed by atoms with Crippen molar-refractivity contribution in [3.05, 3.63) is 136 Å². The Labute approximate surface area is 267 Å². The zero-order valence-corrected chi connectivity index (χ0v) is 24.8. The zero-order valence-electron chi connectivity index (χ0n) is 24.8. The van der Waals surface area contributed by atoms with E-state index in [2.05, 4.69) is 4.74 Å². The van der Waals surface area contributed by atoms with Gasteiger partial charge < -0.3 is 4.74 Å². The first-order valence-corrected chi connectivity index (χ1v) is 14.5. The van der Waals surface area contributed by atoms with Gasteiger partial charge in [0.1, 0.15) is 46.2 Å². The number of rotatable bonds is 10. The second-order valence-corrected chi connectivity index (χ2v) is 10.9. The van der Waals surface area contributed by atoms with Crippen molar-refractivity contribution in [3.8, 4) is 39.1 Å². The Kier molecular flexibility index (Phi) is 9.84. The Morgan fingerprint density at radius 3 is 1.54 bits per heavy atom. The van der Waals surface area contributed by atoms with Crippen molar-refractivity contribution in [1.29, 1.82) is 0 Å². The van der Waals surface area contributed by atoms with Crippen LogP contribution < -0.4 is 4.74 Å². The summed E-state index contributed by atoms with van der Waals surface area (Å²) in [6, 6.07) is 8.87. The summed E-state index contributed by atoms with van der Waals surface area (Å²) in [5.74, 6) is -14.8. The summed E-state index contributed by atoms with van der Waals surface area (Å²) in [5, 5.41) is 0. The Bertz CT molecular complexity index is 1940. The van der Waals surface area contributed by atoms with Crippen LogP contribution in [0.4, 0.5) is 48.3 Å².